The predicted octanol–water partition coefficient (Wildman–Crippen LogP) is 4.17. The number of aryl methyl sites for hydroxylation is 1. The second-order valence-corrected chi connectivity index (χ2v) is 4.50. The zero-order valence-corrected chi connectivity index (χ0v) is 10.3. The summed E-state index contributed by atoms with van der Waals surface area (Å²) in [6.45, 7) is 8.31. The molecule has 0 N–H and O–H groups in total. The lowest BCUT2D eigenvalue weighted by molar-refractivity contribution is 0.767. The average Bonchev–Trinajstić information content (AvgIpc) is 2.53. The van der Waals surface area contributed by atoms with E-state index in [0.29, 0.717) is 5.92 Å². The fourth-order valence-corrected chi connectivity index (χ4v) is 2.54. The predicted molar refractivity (Wildman–Crippen MR) is 70.9 cm³/mol. The van der Waals surface area contributed by atoms with E-state index in [0.717, 1.165) is 6.42 Å². The third-order valence-corrected chi connectivity index (χ3v) is 3.46. The molecule has 0 radical (unpaired) electrons. The van der Waals surface area contributed by atoms with E-state index in [-0.39, 0.29) is 0 Å². The van der Waals surface area contributed by atoms with Gasteiger partial charge in [-0.05, 0) is 30.9 Å². The van der Waals surface area contributed by atoms with E-state index in [2.05, 4.69) is 56.3 Å². The van der Waals surface area contributed by atoms with Crippen LogP contribution in [-0.2, 0) is 7.05 Å². The van der Waals surface area contributed by atoms with Crippen LogP contribution in [0.4, 0.5) is 0 Å². The Morgan fingerprint density at radius 2 is 2.06 bits per heavy atom. The van der Waals surface area contributed by atoms with E-state index in [1.54, 1.807) is 0 Å². The third kappa shape index (κ3) is 1.57. The van der Waals surface area contributed by atoms with Gasteiger partial charge >= 0.3 is 0 Å². The van der Waals surface area contributed by atoms with Crippen LogP contribution in [0.2, 0.25) is 0 Å². The number of rotatable bonds is 3. The van der Waals surface area contributed by atoms with Crippen molar-refractivity contribution in [2.24, 2.45) is 7.05 Å². The van der Waals surface area contributed by atoms with Crippen molar-refractivity contribution < 1.29 is 0 Å². The van der Waals surface area contributed by atoms with Crippen molar-refractivity contribution in [3.8, 4) is 0 Å². The van der Waals surface area contributed by atoms with Crippen molar-refractivity contribution >= 4 is 10.9 Å². The SMILES string of the molecule is C=CCC(C)c1c(C)n(C)c2ccccc12. The smallest absolute Gasteiger partial charge is 0.0482 e. The van der Waals surface area contributed by atoms with Crippen LogP contribution in [0.15, 0.2) is 36.9 Å². The number of hydrogen-bond acceptors (Lipinski definition) is 0. The van der Waals surface area contributed by atoms with Gasteiger partial charge in [-0.15, -0.1) is 6.58 Å². The molecule has 0 spiro atoms. The van der Waals surface area contributed by atoms with Crippen LogP contribution in [0.3, 0.4) is 0 Å². The Morgan fingerprint density at radius 3 is 2.75 bits per heavy atom. The van der Waals surface area contributed by atoms with Crippen molar-refractivity contribution in [1.82, 2.24) is 4.57 Å². The molecule has 2 aromatic rings. The first kappa shape index (κ1) is 11.0. The Bertz CT molecular complexity index is 519. The molecule has 2 rings (SSSR count). The Hall–Kier alpha value is -1.50. The van der Waals surface area contributed by atoms with Gasteiger partial charge in [0.15, 0.2) is 0 Å². The molecule has 1 aromatic heterocycles. The first-order chi connectivity index (χ1) is 7.66. The number of hydrogen-bond donors (Lipinski definition) is 0. The maximum atomic E-state index is 3.84. The molecule has 1 heteroatoms. The molecular formula is C15H19N. The summed E-state index contributed by atoms with van der Waals surface area (Å²) in [6.07, 6.45) is 3.04. The largest absolute Gasteiger partial charge is 0.348 e. The van der Waals surface area contributed by atoms with Crippen LogP contribution in [-0.4, -0.2) is 4.57 Å². The van der Waals surface area contributed by atoms with Gasteiger partial charge in [0.25, 0.3) is 0 Å². The number of nitrogens with zero attached hydrogens (tertiary/aromatic N) is 1. The minimum absolute atomic E-state index is 0.545. The van der Waals surface area contributed by atoms with E-state index in [9.17, 15) is 0 Å². The van der Waals surface area contributed by atoms with Gasteiger partial charge in [0.2, 0.25) is 0 Å². The molecule has 0 fully saturated rings. The van der Waals surface area contributed by atoms with Crippen molar-refractivity contribution in [2.75, 3.05) is 0 Å². The van der Waals surface area contributed by atoms with Crippen molar-refractivity contribution in [3.63, 3.8) is 0 Å². The molecule has 0 aliphatic rings. The molecule has 0 bridgehead atoms. The summed E-state index contributed by atoms with van der Waals surface area (Å²) in [5.41, 5.74) is 4.17. The van der Waals surface area contributed by atoms with Crippen molar-refractivity contribution in [2.45, 2.75) is 26.2 Å². The maximum Gasteiger partial charge on any atom is 0.0482 e. The number of para-hydroxylation sites is 1. The molecule has 84 valence electrons. The molecule has 1 heterocycles. The lowest BCUT2D eigenvalue weighted by atomic mass is 9.95. The second-order valence-electron chi connectivity index (χ2n) is 4.50. The first-order valence-corrected chi connectivity index (χ1v) is 5.81. The van der Waals surface area contributed by atoms with Crippen LogP contribution in [0.1, 0.15) is 30.5 Å². The summed E-state index contributed by atoms with van der Waals surface area (Å²) in [5.74, 6) is 0.545. The number of fused-ring (bicyclic) bond motifs is 1. The number of benzene rings is 1. The molecule has 1 atom stereocenters. The fraction of sp³-hybridized carbons (Fsp3) is 0.333. The van der Waals surface area contributed by atoms with Gasteiger partial charge < -0.3 is 4.57 Å². The number of allylic oxidation sites excluding steroid dienone is 1. The van der Waals surface area contributed by atoms with Gasteiger partial charge in [-0.1, -0.05) is 31.2 Å². The molecule has 0 aliphatic heterocycles. The number of aromatic nitrogens is 1. The third-order valence-electron chi connectivity index (χ3n) is 3.46. The summed E-state index contributed by atoms with van der Waals surface area (Å²) < 4.78 is 2.28. The second kappa shape index (κ2) is 4.17. The summed E-state index contributed by atoms with van der Waals surface area (Å²) in [4.78, 5) is 0. The highest BCUT2D eigenvalue weighted by atomic mass is 14.9. The van der Waals surface area contributed by atoms with Crippen LogP contribution < -0.4 is 0 Å². The van der Waals surface area contributed by atoms with E-state index in [1.165, 1.54) is 22.2 Å². The molecule has 0 amide bonds. The van der Waals surface area contributed by atoms with E-state index in [4.69, 9.17) is 0 Å². The summed E-state index contributed by atoms with van der Waals surface area (Å²) in [5, 5.41) is 1.39. The topological polar surface area (TPSA) is 4.93 Å². The minimum Gasteiger partial charge on any atom is -0.348 e. The van der Waals surface area contributed by atoms with Gasteiger partial charge in [-0.2, -0.15) is 0 Å². The van der Waals surface area contributed by atoms with Gasteiger partial charge in [0.1, 0.15) is 0 Å². The zero-order chi connectivity index (χ0) is 11.7. The lowest BCUT2D eigenvalue weighted by Crippen LogP contribution is -1.96. The molecule has 16 heavy (non-hydrogen) atoms. The molecule has 0 saturated carbocycles. The molecule has 1 nitrogen and oxygen atoms in total. The Labute approximate surface area is 97.4 Å². The van der Waals surface area contributed by atoms with Gasteiger partial charge in [-0.3, -0.25) is 0 Å². The Kier molecular flexibility index (Phi) is 2.86. The standard InChI is InChI=1S/C15H19N/c1-5-8-11(2)15-12(3)16(4)14-10-7-6-9-13(14)15/h5-7,9-11H,1,8H2,2-4H3. The van der Waals surface area contributed by atoms with Gasteiger partial charge in [0, 0.05) is 23.6 Å². The summed E-state index contributed by atoms with van der Waals surface area (Å²) in [6, 6.07) is 8.62. The monoisotopic (exact) mass is 213 g/mol. The van der Waals surface area contributed by atoms with E-state index < -0.39 is 0 Å². The van der Waals surface area contributed by atoms with Crippen molar-refractivity contribution in [1.29, 1.82) is 0 Å². The Balaban J connectivity index is 2.68. The highest BCUT2D eigenvalue weighted by Gasteiger charge is 2.15. The van der Waals surface area contributed by atoms with Gasteiger partial charge in [0.05, 0.1) is 0 Å². The van der Waals surface area contributed by atoms with Crippen molar-refractivity contribution in [3.05, 3.63) is 48.2 Å². The van der Waals surface area contributed by atoms with E-state index >= 15 is 0 Å². The minimum atomic E-state index is 0.545. The van der Waals surface area contributed by atoms with Crippen LogP contribution in [0, 0.1) is 6.92 Å². The van der Waals surface area contributed by atoms with Crippen LogP contribution in [0.5, 0.6) is 0 Å². The quantitative estimate of drug-likeness (QED) is 0.674. The molecule has 0 saturated heterocycles. The molecular weight excluding hydrogens is 194 g/mol. The lowest BCUT2D eigenvalue weighted by Gasteiger charge is -2.09. The molecule has 1 aromatic carbocycles. The highest BCUT2D eigenvalue weighted by Crippen LogP contribution is 2.32. The van der Waals surface area contributed by atoms with E-state index in [1.807, 2.05) is 6.08 Å². The average molecular weight is 213 g/mol. The fourth-order valence-electron chi connectivity index (χ4n) is 2.54. The summed E-state index contributed by atoms with van der Waals surface area (Å²) >= 11 is 0. The normalized spacial score (nSPS) is 12.9. The van der Waals surface area contributed by atoms with Crippen LogP contribution in [0.25, 0.3) is 10.9 Å². The molecule has 1 unspecified atom stereocenters. The highest BCUT2D eigenvalue weighted by molar-refractivity contribution is 5.86. The molecule has 0 aliphatic carbocycles. The van der Waals surface area contributed by atoms with Gasteiger partial charge in [-0.25, -0.2) is 0 Å². The zero-order valence-electron chi connectivity index (χ0n) is 10.3. The first-order valence-electron chi connectivity index (χ1n) is 5.81. The van der Waals surface area contributed by atoms with Crippen LogP contribution >= 0.6 is 0 Å². The Morgan fingerprint density at radius 1 is 1.38 bits per heavy atom. The summed E-state index contributed by atoms with van der Waals surface area (Å²) in [7, 11) is 2.14. The maximum absolute atomic E-state index is 3.84.